The van der Waals surface area contributed by atoms with E-state index >= 15 is 0 Å². The lowest BCUT2D eigenvalue weighted by atomic mass is 9.91. The number of H-pyrrole nitrogens is 1. The minimum Gasteiger partial charge on any atom is -0.383 e. The van der Waals surface area contributed by atoms with Crippen LogP contribution in [0.1, 0.15) is 43.0 Å². The van der Waals surface area contributed by atoms with Crippen molar-refractivity contribution in [1.29, 1.82) is 0 Å². The zero-order chi connectivity index (χ0) is 29.6. The highest BCUT2D eigenvalue weighted by Gasteiger charge is 2.27. The van der Waals surface area contributed by atoms with Crippen molar-refractivity contribution in [2.24, 2.45) is 5.73 Å². The van der Waals surface area contributed by atoms with Crippen LogP contribution in [-0.2, 0) is 15.9 Å². The number of rotatable bonds is 13. The molecule has 1 aliphatic rings. The van der Waals surface area contributed by atoms with Crippen molar-refractivity contribution in [2.75, 3.05) is 45.3 Å². The molecule has 6 rings (SSSR count). The number of anilines is 1. The van der Waals surface area contributed by atoms with E-state index in [1.165, 1.54) is 12.4 Å². The molecule has 5 aromatic rings. The number of nitrogens with one attached hydrogen (secondary N) is 2. The van der Waals surface area contributed by atoms with Crippen molar-refractivity contribution < 1.29 is 13.9 Å². The van der Waals surface area contributed by atoms with Crippen LogP contribution in [0.4, 0.5) is 10.2 Å². The average molecular weight is 587 g/mol. The van der Waals surface area contributed by atoms with Crippen molar-refractivity contribution in [1.82, 2.24) is 30.0 Å². The van der Waals surface area contributed by atoms with Crippen LogP contribution in [0.2, 0.25) is 0 Å². The summed E-state index contributed by atoms with van der Waals surface area (Å²) in [6.45, 7) is 3.73. The summed E-state index contributed by atoms with van der Waals surface area (Å²) in [6.07, 6.45) is 6.06. The van der Waals surface area contributed by atoms with Gasteiger partial charge in [0.1, 0.15) is 23.7 Å². The number of nitrogens with zero attached hydrogens (tertiary/aromatic N) is 4. The molecule has 1 fully saturated rings. The Kier molecular flexibility index (Phi) is 9.23. The van der Waals surface area contributed by atoms with E-state index in [0.717, 1.165) is 71.1 Å². The number of ether oxygens (including phenoxy) is 2. The number of benzene rings is 2. The first-order chi connectivity index (χ1) is 21.1. The van der Waals surface area contributed by atoms with E-state index in [4.69, 9.17) is 26.0 Å². The number of aromatic amines is 1. The molecule has 0 aliphatic heterocycles. The molecule has 0 saturated heterocycles. The quantitative estimate of drug-likeness (QED) is 0.149. The maximum Gasteiger partial charge on any atom is 0.164 e. The number of halogens is 1. The Balaban J connectivity index is 1.14. The third-order valence-electron chi connectivity index (χ3n) is 8.16. The maximum atomic E-state index is 14.2. The van der Waals surface area contributed by atoms with Crippen LogP contribution in [-0.4, -0.2) is 70.3 Å². The van der Waals surface area contributed by atoms with Crippen LogP contribution in [0.25, 0.3) is 33.2 Å². The highest BCUT2D eigenvalue weighted by atomic mass is 19.1. The maximum absolute atomic E-state index is 14.2. The molecule has 6 N–H and O–H groups in total. The second kappa shape index (κ2) is 13.6. The summed E-state index contributed by atoms with van der Waals surface area (Å²) in [5, 5.41) is 10.5. The van der Waals surface area contributed by atoms with E-state index in [2.05, 4.69) is 32.4 Å². The fourth-order valence-corrected chi connectivity index (χ4v) is 6.00. The average Bonchev–Trinajstić information content (AvgIpc) is 3.61. The second-order valence-corrected chi connectivity index (χ2v) is 11.1. The molecular formula is C32H39FN8O2. The van der Waals surface area contributed by atoms with Crippen molar-refractivity contribution in [2.45, 2.75) is 44.2 Å². The van der Waals surface area contributed by atoms with Crippen molar-refractivity contribution in [3.05, 3.63) is 71.9 Å². The van der Waals surface area contributed by atoms with Crippen molar-refractivity contribution in [3.8, 4) is 11.3 Å². The largest absolute Gasteiger partial charge is 0.383 e. The lowest BCUT2D eigenvalue weighted by Crippen LogP contribution is -2.36. The highest BCUT2D eigenvalue weighted by molar-refractivity contribution is 6.00. The fraction of sp³-hybridized carbons (Fsp3) is 0.406. The van der Waals surface area contributed by atoms with Gasteiger partial charge in [0.05, 0.1) is 37.9 Å². The Hall–Kier alpha value is -3.90. The molecule has 0 bridgehead atoms. The molecule has 0 atom stereocenters. The Bertz CT molecular complexity index is 1660. The fourth-order valence-electron chi connectivity index (χ4n) is 6.00. The van der Waals surface area contributed by atoms with Gasteiger partial charge in [-0.25, -0.2) is 19.0 Å². The smallest absolute Gasteiger partial charge is 0.164 e. The molecule has 11 heteroatoms. The van der Waals surface area contributed by atoms with Gasteiger partial charge in [0.15, 0.2) is 5.65 Å². The zero-order valence-corrected chi connectivity index (χ0v) is 24.3. The normalized spacial score (nSPS) is 17.3. The van der Waals surface area contributed by atoms with Gasteiger partial charge in [-0.3, -0.25) is 0 Å². The second-order valence-electron chi connectivity index (χ2n) is 11.1. The minimum absolute atomic E-state index is 0.201. The van der Waals surface area contributed by atoms with E-state index in [9.17, 15) is 4.39 Å². The molecule has 10 nitrogen and oxygen atoms in total. The van der Waals surface area contributed by atoms with E-state index in [1.54, 1.807) is 6.07 Å². The third kappa shape index (κ3) is 6.70. The molecule has 2 aromatic carbocycles. The molecule has 0 spiro atoms. The van der Waals surface area contributed by atoms with Gasteiger partial charge in [0.25, 0.3) is 0 Å². The number of aromatic nitrogens is 5. The molecule has 1 aliphatic carbocycles. The summed E-state index contributed by atoms with van der Waals surface area (Å²) < 4.78 is 27.3. The number of hydrogen-bond acceptors (Lipinski definition) is 8. The molecular weight excluding hydrogens is 547 g/mol. The minimum atomic E-state index is -0.201. The molecule has 1 saturated carbocycles. The Labute approximate surface area is 250 Å². The topological polar surface area (TPSA) is 142 Å². The molecule has 0 radical (unpaired) electrons. The molecule has 3 aromatic heterocycles. The predicted molar refractivity (Wildman–Crippen MR) is 166 cm³/mol. The molecule has 226 valence electrons. The lowest BCUT2D eigenvalue weighted by molar-refractivity contribution is 0.0507. The molecule has 0 amide bonds. The Morgan fingerprint density at radius 3 is 2.60 bits per heavy atom. The van der Waals surface area contributed by atoms with Gasteiger partial charge in [0, 0.05) is 47.7 Å². The van der Waals surface area contributed by atoms with Crippen LogP contribution in [0.5, 0.6) is 0 Å². The number of nitrogen functional groups attached to an aromatic ring is 1. The number of fused-ring (bicyclic) bond motifs is 2. The van der Waals surface area contributed by atoms with E-state index in [1.807, 2.05) is 28.9 Å². The van der Waals surface area contributed by atoms with Crippen LogP contribution < -0.4 is 16.8 Å². The summed E-state index contributed by atoms with van der Waals surface area (Å²) in [5.74, 6) is 0.220. The van der Waals surface area contributed by atoms with E-state index < -0.39 is 0 Å². The van der Waals surface area contributed by atoms with Crippen molar-refractivity contribution >= 4 is 27.8 Å². The van der Waals surface area contributed by atoms with Gasteiger partial charge >= 0.3 is 0 Å². The van der Waals surface area contributed by atoms with Crippen LogP contribution >= 0.6 is 0 Å². The summed E-state index contributed by atoms with van der Waals surface area (Å²) >= 11 is 0. The zero-order valence-electron chi connectivity index (χ0n) is 24.3. The molecule has 43 heavy (non-hydrogen) atoms. The first kappa shape index (κ1) is 29.2. The standard InChI is InChI=1S/C32H39FN8O2/c33-27-4-2-1-3-21(27)18-25-19-23-17-22(5-10-28(23)39-25)30-29-31(35)37-20-38-32(29)41(40-30)26-8-6-24(7-9-26)36-12-14-43-16-15-42-13-11-34/h1-5,10,17,19-20,24,26,36,39H,6-9,11-16,18,34H2,(H2,35,37,38)/t24-,26+. The van der Waals surface area contributed by atoms with Gasteiger partial charge in [0.2, 0.25) is 0 Å². The van der Waals surface area contributed by atoms with Gasteiger partial charge in [-0.05, 0) is 55.5 Å². The molecule has 0 unspecified atom stereocenters. The van der Waals surface area contributed by atoms with Crippen LogP contribution in [0.15, 0.2) is 54.9 Å². The molecule has 3 heterocycles. The first-order valence-corrected chi connectivity index (χ1v) is 15.0. The van der Waals surface area contributed by atoms with Crippen molar-refractivity contribution in [3.63, 3.8) is 0 Å². The summed E-state index contributed by atoms with van der Waals surface area (Å²) in [4.78, 5) is 12.3. The van der Waals surface area contributed by atoms with Crippen LogP contribution in [0, 0.1) is 5.82 Å². The first-order valence-electron chi connectivity index (χ1n) is 15.0. The summed E-state index contributed by atoms with van der Waals surface area (Å²) in [5.41, 5.74) is 16.9. The SMILES string of the molecule is NCCOCCOCCN[C@H]1CC[C@@H](n2nc(-c3ccc4[nH]c(Cc5ccccc5F)cc4c3)c3c(N)ncnc32)CC1. The highest BCUT2D eigenvalue weighted by Crippen LogP contribution is 2.37. The van der Waals surface area contributed by atoms with Gasteiger partial charge in [-0.2, -0.15) is 5.10 Å². The Morgan fingerprint density at radius 1 is 0.977 bits per heavy atom. The van der Waals surface area contributed by atoms with Crippen LogP contribution in [0.3, 0.4) is 0 Å². The van der Waals surface area contributed by atoms with E-state index in [-0.39, 0.29) is 11.9 Å². The van der Waals surface area contributed by atoms with Gasteiger partial charge in [-0.15, -0.1) is 0 Å². The predicted octanol–water partition coefficient (Wildman–Crippen LogP) is 4.35. The van der Waals surface area contributed by atoms with Gasteiger partial charge in [-0.1, -0.05) is 24.3 Å². The lowest BCUT2D eigenvalue weighted by Gasteiger charge is -2.29. The summed E-state index contributed by atoms with van der Waals surface area (Å²) in [7, 11) is 0. The summed E-state index contributed by atoms with van der Waals surface area (Å²) in [6, 6.07) is 15.8. The third-order valence-corrected chi connectivity index (χ3v) is 8.16. The number of nitrogens with two attached hydrogens (primary N) is 2. The van der Waals surface area contributed by atoms with E-state index in [0.29, 0.717) is 56.8 Å². The van der Waals surface area contributed by atoms with Gasteiger partial charge < -0.3 is 31.2 Å². The Morgan fingerprint density at radius 2 is 1.79 bits per heavy atom. The monoisotopic (exact) mass is 586 g/mol. The number of hydrogen-bond donors (Lipinski definition) is 4.